The van der Waals surface area contributed by atoms with Crippen molar-refractivity contribution in [1.82, 2.24) is 4.90 Å². The Morgan fingerprint density at radius 3 is 2.83 bits per heavy atom. The summed E-state index contributed by atoms with van der Waals surface area (Å²) in [6.07, 6.45) is 7.08. The van der Waals surface area contributed by atoms with Gasteiger partial charge in [0.2, 0.25) is 5.91 Å². The Morgan fingerprint density at radius 1 is 1.44 bits per heavy atom. The summed E-state index contributed by atoms with van der Waals surface area (Å²) in [5.74, 6) is 0.144. The molecule has 1 saturated carbocycles. The molecule has 1 amide bonds. The molecule has 0 aromatic rings. The average molecular weight is 254 g/mol. The van der Waals surface area contributed by atoms with Crippen LogP contribution in [-0.2, 0) is 9.53 Å². The first-order chi connectivity index (χ1) is 8.70. The Morgan fingerprint density at radius 2 is 2.17 bits per heavy atom. The monoisotopic (exact) mass is 254 g/mol. The van der Waals surface area contributed by atoms with E-state index in [1.54, 1.807) is 13.2 Å². The fraction of sp³-hybridized carbons (Fsp3) is 0.786. The first-order valence-electron chi connectivity index (χ1n) is 6.85. The second-order valence-electron chi connectivity index (χ2n) is 4.97. The zero-order valence-corrected chi connectivity index (χ0v) is 11.4. The van der Waals surface area contributed by atoms with Crippen molar-refractivity contribution in [3.63, 3.8) is 0 Å². The summed E-state index contributed by atoms with van der Waals surface area (Å²) in [6, 6.07) is 0.00913. The van der Waals surface area contributed by atoms with Crippen molar-refractivity contribution in [3.8, 4) is 0 Å². The van der Waals surface area contributed by atoms with E-state index in [-0.39, 0.29) is 17.9 Å². The molecule has 104 valence electrons. The van der Waals surface area contributed by atoms with Crippen molar-refractivity contribution in [1.29, 1.82) is 0 Å². The molecule has 1 rings (SSSR count). The van der Waals surface area contributed by atoms with Crippen molar-refractivity contribution in [2.75, 3.05) is 26.8 Å². The number of methoxy groups -OCH3 is 1. The van der Waals surface area contributed by atoms with Crippen LogP contribution in [0.5, 0.6) is 0 Å². The maximum absolute atomic E-state index is 12.5. The molecule has 18 heavy (non-hydrogen) atoms. The molecule has 0 aromatic heterocycles. The zero-order chi connectivity index (χ0) is 13.4. The third kappa shape index (κ3) is 4.42. The SMILES string of the molecule is C=CCN(CCOC)C(=O)C1CCCCCC1N. The molecule has 0 bridgehead atoms. The number of nitrogens with two attached hydrogens (primary N) is 1. The van der Waals surface area contributed by atoms with Gasteiger partial charge in [0.15, 0.2) is 0 Å². The molecule has 0 radical (unpaired) electrons. The minimum absolute atomic E-state index is 0.00913. The number of rotatable bonds is 6. The number of hydrogen-bond acceptors (Lipinski definition) is 3. The predicted molar refractivity (Wildman–Crippen MR) is 73.2 cm³/mol. The third-order valence-electron chi connectivity index (χ3n) is 3.61. The predicted octanol–water partition coefficient (Wildman–Crippen LogP) is 1.55. The van der Waals surface area contributed by atoms with Crippen LogP contribution in [0.1, 0.15) is 32.1 Å². The second-order valence-corrected chi connectivity index (χ2v) is 4.97. The Bertz CT molecular complexity index is 269. The molecule has 4 heteroatoms. The molecule has 0 aliphatic heterocycles. The lowest BCUT2D eigenvalue weighted by Crippen LogP contribution is -2.45. The van der Waals surface area contributed by atoms with Gasteiger partial charge in [0.25, 0.3) is 0 Å². The van der Waals surface area contributed by atoms with Crippen LogP contribution in [-0.4, -0.2) is 43.7 Å². The summed E-state index contributed by atoms with van der Waals surface area (Å²) in [5.41, 5.74) is 6.14. The lowest BCUT2D eigenvalue weighted by atomic mass is 9.94. The van der Waals surface area contributed by atoms with Gasteiger partial charge in [-0.15, -0.1) is 6.58 Å². The van der Waals surface area contributed by atoms with Gasteiger partial charge in [-0.2, -0.15) is 0 Å². The van der Waals surface area contributed by atoms with Crippen molar-refractivity contribution >= 4 is 5.91 Å². The summed E-state index contributed by atoms with van der Waals surface area (Å²) >= 11 is 0. The van der Waals surface area contributed by atoms with E-state index in [4.69, 9.17) is 10.5 Å². The van der Waals surface area contributed by atoms with Crippen LogP contribution in [0.3, 0.4) is 0 Å². The minimum Gasteiger partial charge on any atom is -0.383 e. The highest BCUT2D eigenvalue weighted by atomic mass is 16.5. The molecule has 2 N–H and O–H groups in total. The van der Waals surface area contributed by atoms with Crippen LogP contribution in [0, 0.1) is 5.92 Å². The fourth-order valence-corrected chi connectivity index (χ4v) is 2.53. The first-order valence-corrected chi connectivity index (χ1v) is 6.85. The van der Waals surface area contributed by atoms with Crippen molar-refractivity contribution in [3.05, 3.63) is 12.7 Å². The Hall–Kier alpha value is -0.870. The van der Waals surface area contributed by atoms with E-state index in [0.717, 1.165) is 25.7 Å². The highest BCUT2D eigenvalue weighted by molar-refractivity contribution is 5.79. The van der Waals surface area contributed by atoms with Gasteiger partial charge in [-0.1, -0.05) is 25.3 Å². The molecule has 1 fully saturated rings. The summed E-state index contributed by atoms with van der Waals surface area (Å²) in [4.78, 5) is 14.3. The summed E-state index contributed by atoms with van der Waals surface area (Å²) in [6.45, 7) is 5.46. The Labute approximate surface area is 110 Å². The van der Waals surface area contributed by atoms with E-state index < -0.39 is 0 Å². The van der Waals surface area contributed by atoms with E-state index in [9.17, 15) is 4.79 Å². The van der Waals surface area contributed by atoms with Crippen LogP contribution in [0.4, 0.5) is 0 Å². The standard InChI is InChI=1S/C14H26N2O2/c1-3-9-16(10-11-18-2)14(17)12-7-5-4-6-8-13(12)15/h3,12-13H,1,4-11,15H2,2H3. The maximum Gasteiger partial charge on any atom is 0.227 e. The van der Waals surface area contributed by atoms with Crippen LogP contribution < -0.4 is 5.73 Å². The van der Waals surface area contributed by atoms with Gasteiger partial charge in [-0.25, -0.2) is 0 Å². The lowest BCUT2D eigenvalue weighted by Gasteiger charge is -2.28. The van der Waals surface area contributed by atoms with Crippen LogP contribution in [0.2, 0.25) is 0 Å². The number of carbonyl (C=O) groups excluding carboxylic acids is 1. The van der Waals surface area contributed by atoms with E-state index in [0.29, 0.717) is 19.7 Å². The van der Waals surface area contributed by atoms with Gasteiger partial charge in [-0.05, 0) is 12.8 Å². The molecule has 0 spiro atoms. The zero-order valence-electron chi connectivity index (χ0n) is 11.4. The van der Waals surface area contributed by atoms with Crippen molar-refractivity contribution in [2.45, 2.75) is 38.1 Å². The average Bonchev–Trinajstić information content (AvgIpc) is 2.58. The topological polar surface area (TPSA) is 55.6 Å². The van der Waals surface area contributed by atoms with Crippen LogP contribution in [0.25, 0.3) is 0 Å². The van der Waals surface area contributed by atoms with Crippen LogP contribution in [0.15, 0.2) is 12.7 Å². The van der Waals surface area contributed by atoms with Gasteiger partial charge >= 0.3 is 0 Å². The van der Waals surface area contributed by atoms with E-state index in [2.05, 4.69) is 6.58 Å². The molecule has 0 heterocycles. The number of ether oxygens (including phenoxy) is 1. The van der Waals surface area contributed by atoms with E-state index >= 15 is 0 Å². The number of carbonyl (C=O) groups is 1. The van der Waals surface area contributed by atoms with E-state index in [1.165, 1.54) is 6.42 Å². The summed E-state index contributed by atoms with van der Waals surface area (Å²) < 4.78 is 5.05. The van der Waals surface area contributed by atoms with E-state index in [1.807, 2.05) is 4.90 Å². The molecule has 2 atom stereocenters. The number of hydrogen-bond donors (Lipinski definition) is 1. The fourth-order valence-electron chi connectivity index (χ4n) is 2.53. The largest absolute Gasteiger partial charge is 0.383 e. The maximum atomic E-state index is 12.5. The number of amides is 1. The van der Waals surface area contributed by atoms with Crippen molar-refractivity contribution in [2.24, 2.45) is 11.7 Å². The van der Waals surface area contributed by atoms with Crippen molar-refractivity contribution < 1.29 is 9.53 Å². The lowest BCUT2D eigenvalue weighted by molar-refractivity contribution is -0.136. The molecule has 2 unspecified atom stereocenters. The highest BCUT2D eigenvalue weighted by Crippen LogP contribution is 2.24. The quantitative estimate of drug-likeness (QED) is 0.578. The Kier molecular flexibility index (Phi) is 6.98. The molecular formula is C14H26N2O2. The molecule has 4 nitrogen and oxygen atoms in total. The molecule has 1 aliphatic carbocycles. The van der Waals surface area contributed by atoms with Gasteiger partial charge < -0.3 is 15.4 Å². The first kappa shape index (κ1) is 15.2. The smallest absolute Gasteiger partial charge is 0.227 e. The number of nitrogens with zero attached hydrogens (tertiary/aromatic N) is 1. The third-order valence-corrected chi connectivity index (χ3v) is 3.61. The van der Waals surface area contributed by atoms with Gasteiger partial charge in [0.1, 0.15) is 0 Å². The van der Waals surface area contributed by atoms with Gasteiger partial charge in [-0.3, -0.25) is 4.79 Å². The van der Waals surface area contributed by atoms with Gasteiger partial charge in [0, 0.05) is 26.2 Å². The normalized spacial score (nSPS) is 24.3. The van der Waals surface area contributed by atoms with Gasteiger partial charge in [0.05, 0.1) is 12.5 Å². The molecule has 1 aliphatic rings. The minimum atomic E-state index is -0.0238. The Balaban J connectivity index is 2.63. The molecular weight excluding hydrogens is 228 g/mol. The summed E-state index contributed by atoms with van der Waals surface area (Å²) in [7, 11) is 1.65. The molecule has 0 aromatic carbocycles. The highest BCUT2D eigenvalue weighted by Gasteiger charge is 2.29. The van der Waals surface area contributed by atoms with Crippen LogP contribution >= 0.6 is 0 Å². The summed E-state index contributed by atoms with van der Waals surface area (Å²) in [5, 5.41) is 0. The second kappa shape index (κ2) is 8.27. The molecule has 0 saturated heterocycles.